The number of anilines is 1. The van der Waals surface area contributed by atoms with Gasteiger partial charge in [0.25, 0.3) is 11.5 Å². The summed E-state index contributed by atoms with van der Waals surface area (Å²) in [4.78, 5) is 24.6. The second-order valence-electron chi connectivity index (χ2n) is 6.82. The zero-order valence-electron chi connectivity index (χ0n) is 16.7. The minimum Gasteiger partial charge on any atom is -0.472 e. The summed E-state index contributed by atoms with van der Waals surface area (Å²) in [5.74, 6) is -1.23. The highest BCUT2D eigenvalue weighted by Crippen LogP contribution is 2.16. The molecule has 1 aromatic heterocycles. The molecule has 6 nitrogen and oxygen atoms in total. The van der Waals surface area contributed by atoms with Crippen LogP contribution in [-0.2, 0) is 6.61 Å². The first-order valence-corrected chi connectivity index (χ1v) is 9.63. The van der Waals surface area contributed by atoms with Crippen LogP contribution in [0.1, 0.15) is 15.9 Å². The van der Waals surface area contributed by atoms with Crippen LogP contribution in [0, 0.1) is 11.6 Å². The molecule has 1 amide bonds. The van der Waals surface area contributed by atoms with E-state index in [0.717, 1.165) is 4.68 Å². The second-order valence-corrected chi connectivity index (χ2v) is 6.82. The van der Waals surface area contributed by atoms with Gasteiger partial charge >= 0.3 is 0 Å². The molecule has 0 unspecified atom stereocenters. The van der Waals surface area contributed by atoms with Crippen LogP contribution in [0.3, 0.4) is 0 Å². The molecule has 32 heavy (non-hydrogen) atoms. The molecule has 8 heteroatoms. The first-order valence-electron chi connectivity index (χ1n) is 9.63. The molecule has 160 valence electrons. The fourth-order valence-corrected chi connectivity index (χ4v) is 2.95. The number of ether oxygens (including phenoxy) is 1. The zero-order valence-corrected chi connectivity index (χ0v) is 16.7. The van der Waals surface area contributed by atoms with Gasteiger partial charge in [0.1, 0.15) is 18.2 Å². The third-order valence-corrected chi connectivity index (χ3v) is 4.55. The predicted octanol–water partition coefficient (Wildman–Crippen LogP) is 4.34. The van der Waals surface area contributed by atoms with Crippen molar-refractivity contribution in [3.8, 4) is 11.6 Å². The number of para-hydroxylation sites is 1. The van der Waals surface area contributed by atoms with Gasteiger partial charge < -0.3 is 10.1 Å². The van der Waals surface area contributed by atoms with Crippen LogP contribution in [0.2, 0.25) is 0 Å². The third kappa shape index (κ3) is 4.86. The number of halogens is 2. The van der Waals surface area contributed by atoms with E-state index in [-0.39, 0.29) is 29.6 Å². The van der Waals surface area contributed by atoms with Crippen molar-refractivity contribution < 1.29 is 18.3 Å². The number of aromatic nitrogens is 2. The maximum absolute atomic E-state index is 13.7. The lowest BCUT2D eigenvalue weighted by Gasteiger charge is -2.10. The average Bonchev–Trinajstić information content (AvgIpc) is 2.80. The number of hydrogen-bond donors (Lipinski definition) is 1. The van der Waals surface area contributed by atoms with Gasteiger partial charge in [-0.05, 0) is 54.1 Å². The molecular formula is C24H17F2N3O3. The molecule has 0 aliphatic carbocycles. The highest BCUT2D eigenvalue weighted by atomic mass is 19.1. The van der Waals surface area contributed by atoms with E-state index in [1.165, 1.54) is 54.6 Å². The standard InChI is InChI=1S/C24H17F2N3O3/c25-18-5-3-4-16(14-18)15-32-22-12-13-23(30)29(28-22)19-10-8-17(9-11-19)24(31)27-21-7-2-1-6-20(21)26/h1-14H,15H2,(H,27,31). The Morgan fingerprint density at radius 2 is 1.72 bits per heavy atom. The summed E-state index contributed by atoms with van der Waals surface area (Å²) in [7, 11) is 0. The van der Waals surface area contributed by atoms with Gasteiger partial charge in [-0.1, -0.05) is 24.3 Å². The summed E-state index contributed by atoms with van der Waals surface area (Å²) in [5, 5.41) is 6.67. The molecule has 4 aromatic rings. The number of nitrogens with zero attached hydrogens (tertiary/aromatic N) is 2. The largest absolute Gasteiger partial charge is 0.472 e. The highest BCUT2D eigenvalue weighted by molar-refractivity contribution is 6.04. The molecule has 1 N–H and O–H groups in total. The summed E-state index contributed by atoms with van der Waals surface area (Å²) in [6, 6.07) is 20.6. The van der Waals surface area contributed by atoms with Gasteiger partial charge in [0.15, 0.2) is 0 Å². The summed E-state index contributed by atoms with van der Waals surface area (Å²) < 4.78 is 33.7. The van der Waals surface area contributed by atoms with Gasteiger partial charge in [-0.2, -0.15) is 4.68 Å². The SMILES string of the molecule is O=C(Nc1ccccc1F)c1ccc(-n2nc(OCc3cccc(F)c3)ccc2=O)cc1. The third-order valence-electron chi connectivity index (χ3n) is 4.55. The summed E-state index contributed by atoms with van der Waals surface area (Å²) >= 11 is 0. The second kappa shape index (κ2) is 9.22. The first kappa shape index (κ1) is 20.9. The molecule has 4 rings (SSSR count). The maximum atomic E-state index is 13.7. The average molecular weight is 433 g/mol. The van der Waals surface area contributed by atoms with E-state index in [1.807, 2.05) is 0 Å². The highest BCUT2D eigenvalue weighted by Gasteiger charge is 2.10. The van der Waals surface area contributed by atoms with Crippen molar-refractivity contribution in [2.45, 2.75) is 6.61 Å². The van der Waals surface area contributed by atoms with Crippen molar-refractivity contribution in [3.63, 3.8) is 0 Å². The number of rotatable bonds is 6. The van der Waals surface area contributed by atoms with E-state index in [2.05, 4.69) is 10.4 Å². The van der Waals surface area contributed by atoms with E-state index >= 15 is 0 Å². The van der Waals surface area contributed by atoms with Gasteiger partial charge in [0, 0.05) is 17.7 Å². The van der Waals surface area contributed by atoms with Gasteiger partial charge in [0.05, 0.1) is 11.4 Å². The zero-order chi connectivity index (χ0) is 22.5. The maximum Gasteiger partial charge on any atom is 0.271 e. The van der Waals surface area contributed by atoms with E-state index in [0.29, 0.717) is 11.3 Å². The molecule has 0 atom stereocenters. The molecule has 0 spiro atoms. The van der Waals surface area contributed by atoms with Gasteiger partial charge in [-0.15, -0.1) is 5.10 Å². The Kier molecular flexibility index (Phi) is 6.03. The fraction of sp³-hybridized carbons (Fsp3) is 0.0417. The van der Waals surface area contributed by atoms with Gasteiger partial charge in [0.2, 0.25) is 5.88 Å². The topological polar surface area (TPSA) is 73.2 Å². The summed E-state index contributed by atoms with van der Waals surface area (Å²) in [6.45, 7) is 0.0815. The number of nitrogens with one attached hydrogen (secondary N) is 1. The minimum atomic E-state index is -0.539. The molecule has 0 saturated carbocycles. The summed E-state index contributed by atoms with van der Waals surface area (Å²) in [5.41, 5.74) is 0.987. The van der Waals surface area contributed by atoms with Crippen LogP contribution >= 0.6 is 0 Å². The van der Waals surface area contributed by atoms with Crippen LogP contribution in [0.25, 0.3) is 5.69 Å². The Morgan fingerprint density at radius 1 is 0.938 bits per heavy atom. The molecular weight excluding hydrogens is 416 g/mol. The Hall–Kier alpha value is -4.33. The van der Waals surface area contributed by atoms with E-state index in [1.54, 1.807) is 30.3 Å². The predicted molar refractivity (Wildman–Crippen MR) is 115 cm³/mol. The molecule has 0 bridgehead atoms. The lowest BCUT2D eigenvalue weighted by Crippen LogP contribution is -2.21. The van der Waals surface area contributed by atoms with Gasteiger partial charge in [-0.3, -0.25) is 9.59 Å². The lowest BCUT2D eigenvalue weighted by molar-refractivity contribution is 0.102. The Morgan fingerprint density at radius 3 is 2.47 bits per heavy atom. The molecule has 0 radical (unpaired) electrons. The van der Waals surface area contributed by atoms with Crippen molar-refractivity contribution in [1.82, 2.24) is 9.78 Å². The van der Waals surface area contributed by atoms with Crippen LogP contribution in [0.5, 0.6) is 5.88 Å². The van der Waals surface area contributed by atoms with Crippen LogP contribution in [-0.4, -0.2) is 15.7 Å². The lowest BCUT2D eigenvalue weighted by atomic mass is 10.2. The summed E-state index contributed by atoms with van der Waals surface area (Å²) in [6.07, 6.45) is 0. The number of hydrogen-bond acceptors (Lipinski definition) is 4. The molecule has 1 heterocycles. The van der Waals surface area contributed by atoms with Crippen molar-refractivity contribution in [2.24, 2.45) is 0 Å². The quantitative estimate of drug-likeness (QED) is 0.491. The molecule has 3 aromatic carbocycles. The monoisotopic (exact) mass is 433 g/mol. The van der Waals surface area contributed by atoms with Crippen molar-refractivity contribution >= 4 is 11.6 Å². The number of amides is 1. The van der Waals surface area contributed by atoms with Crippen LogP contribution < -0.4 is 15.6 Å². The van der Waals surface area contributed by atoms with E-state index in [9.17, 15) is 18.4 Å². The Balaban J connectivity index is 1.49. The molecule has 0 aliphatic heterocycles. The van der Waals surface area contributed by atoms with Crippen molar-refractivity contribution in [3.05, 3.63) is 118 Å². The number of benzene rings is 3. The minimum absolute atomic E-state index is 0.0719. The molecule has 0 fully saturated rings. The van der Waals surface area contributed by atoms with Crippen molar-refractivity contribution in [2.75, 3.05) is 5.32 Å². The Labute approximate surface area is 181 Å². The number of carbonyl (C=O) groups excluding carboxylic acids is 1. The fourth-order valence-electron chi connectivity index (χ4n) is 2.95. The van der Waals surface area contributed by atoms with E-state index in [4.69, 9.17) is 4.74 Å². The van der Waals surface area contributed by atoms with E-state index < -0.39 is 17.3 Å². The Bertz CT molecular complexity index is 1320. The normalized spacial score (nSPS) is 10.6. The van der Waals surface area contributed by atoms with Gasteiger partial charge in [-0.25, -0.2) is 8.78 Å². The molecule has 0 saturated heterocycles. The van der Waals surface area contributed by atoms with Crippen LogP contribution in [0.4, 0.5) is 14.5 Å². The number of carbonyl (C=O) groups is 1. The van der Waals surface area contributed by atoms with Crippen molar-refractivity contribution in [1.29, 1.82) is 0 Å². The molecule has 0 aliphatic rings. The first-order chi connectivity index (χ1) is 15.5. The smallest absolute Gasteiger partial charge is 0.271 e. The van der Waals surface area contributed by atoms with Crippen LogP contribution in [0.15, 0.2) is 89.7 Å².